The Bertz CT molecular complexity index is 555. The van der Waals surface area contributed by atoms with Gasteiger partial charge in [0.05, 0.1) is 10.4 Å². The summed E-state index contributed by atoms with van der Waals surface area (Å²) in [4.78, 5) is 10.3. The van der Waals surface area contributed by atoms with Crippen LogP contribution in [0.25, 0.3) is 10.9 Å². The van der Waals surface area contributed by atoms with Crippen molar-refractivity contribution in [3.8, 4) is 0 Å². The van der Waals surface area contributed by atoms with Crippen molar-refractivity contribution in [3.63, 3.8) is 0 Å². The average molecular weight is 216 g/mol. The Morgan fingerprint density at radius 3 is 2.94 bits per heavy atom. The fourth-order valence-corrected chi connectivity index (χ4v) is 1.66. The smallest absolute Gasteiger partial charge is 0.271 e. The van der Waals surface area contributed by atoms with Gasteiger partial charge in [0.2, 0.25) is 0 Å². The van der Waals surface area contributed by atoms with Gasteiger partial charge in [0, 0.05) is 30.3 Å². The van der Waals surface area contributed by atoms with E-state index in [4.69, 9.17) is 0 Å². The number of nitro benzene ring substituents is 1. The van der Waals surface area contributed by atoms with Crippen LogP contribution in [0.2, 0.25) is 0 Å². The molecular formula is C12H12N2O2. The number of aromatic nitrogens is 1. The van der Waals surface area contributed by atoms with Crippen LogP contribution in [-0.4, -0.2) is 9.49 Å². The SMILES string of the molecule is C/C=C/Cn1ccc2ccc([N+](=O)[O-])cc21. The minimum absolute atomic E-state index is 0.132. The van der Waals surface area contributed by atoms with Crippen molar-refractivity contribution in [1.29, 1.82) is 0 Å². The molecule has 0 unspecified atom stereocenters. The lowest BCUT2D eigenvalue weighted by Gasteiger charge is -2.00. The van der Waals surface area contributed by atoms with E-state index in [1.54, 1.807) is 12.1 Å². The molecule has 1 heterocycles. The fraction of sp³-hybridized carbons (Fsp3) is 0.167. The molecule has 0 atom stereocenters. The molecule has 0 N–H and O–H groups in total. The highest BCUT2D eigenvalue weighted by molar-refractivity contribution is 5.82. The first-order valence-corrected chi connectivity index (χ1v) is 5.07. The molecular weight excluding hydrogens is 204 g/mol. The molecule has 0 aliphatic rings. The van der Waals surface area contributed by atoms with Crippen LogP contribution in [-0.2, 0) is 6.54 Å². The van der Waals surface area contributed by atoms with E-state index < -0.39 is 0 Å². The van der Waals surface area contributed by atoms with E-state index >= 15 is 0 Å². The van der Waals surface area contributed by atoms with E-state index in [1.165, 1.54) is 6.07 Å². The molecule has 16 heavy (non-hydrogen) atoms. The summed E-state index contributed by atoms with van der Waals surface area (Å²) in [5.74, 6) is 0. The van der Waals surface area contributed by atoms with Gasteiger partial charge in [-0.3, -0.25) is 10.1 Å². The Balaban J connectivity index is 2.51. The van der Waals surface area contributed by atoms with E-state index in [2.05, 4.69) is 0 Å². The van der Waals surface area contributed by atoms with Crippen LogP contribution in [0.3, 0.4) is 0 Å². The maximum Gasteiger partial charge on any atom is 0.271 e. The van der Waals surface area contributed by atoms with Crippen LogP contribution in [0.15, 0.2) is 42.6 Å². The lowest BCUT2D eigenvalue weighted by Crippen LogP contribution is -1.93. The number of nitro groups is 1. The Kier molecular flexibility index (Phi) is 2.72. The third kappa shape index (κ3) is 1.82. The summed E-state index contributed by atoms with van der Waals surface area (Å²) in [5, 5.41) is 11.7. The highest BCUT2D eigenvalue weighted by atomic mass is 16.6. The molecule has 1 aromatic heterocycles. The molecule has 2 aromatic rings. The summed E-state index contributed by atoms with van der Waals surface area (Å²) in [6.07, 6.45) is 5.91. The largest absolute Gasteiger partial charge is 0.343 e. The molecule has 0 aliphatic heterocycles. The molecule has 4 heteroatoms. The van der Waals surface area contributed by atoms with Crippen molar-refractivity contribution in [3.05, 3.63) is 52.7 Å². The van der Waals surface area contributed by atoms with Gasteiger partial charge in [-0.05, 0) is 19.1 Å². The number of hydrogen-bond acceptors (Lipinski definition) is 2. The average Bonchev–Trinajstić information content (AvgIpc) is 2.68. The molecule has 2 rings (SSSR count). The predicted octanol–water partition coefficient (Wildman–Crippen LogP) is 3.13. The highest BCUT2D eigenvalue weighted by Gasteiger charge is 2.08. The zero-order valence-corrected chi connectivity index (χ0v) is 8.96. The summed E-state index contributed by atoms with van der Waals surface area (Å²) < 4.78 is 1.99. The van der Waals surface area contributed by atoms with Gasteiger partial charge < -0.3 is 4.57 Å². The second kappa shape index (κ2) is 4.18. The highest BCUT2D eigenvalue weighted by Crippen LogP contribution is 2.21. The third-order valence-electron chi connectivity index (χ3n) is 2.51. The van der Waals surface area contributed by atoms with E-state index in [-0.39, 0.29) is 10.6 Å². The lowest BCUT2D eigenvalue weighted by atomic mass is 10.2. The first-order chi connectivity index (χ1) is 7.72. The number of fused-ring (bicyclic) bond motifs is 1. The summed E-state index contributed by atoms with van der Waals surface area (Å²) in [6, 6.07) is 6.88. The summed E-state index contributed by atoms with van der Waals surface area (Å²) >= 11 is 0. The van der Waals surface area contributed by atoms with Gasteiger partial charge in [0.15, 0.2) is 0 Å². The molecule has 0 fully saturated rings. The third-order valence-corrected chi connectivity index (χ3v) is 2.51. The van der Waals surface area contributed by atoms with E-state index in [1.807, 2.05) is 35.9 Å². The number of benzene rings is 1. The Labute approximate surface area is 93.0 Å². The van der Waals surface area contributed by atoms with Crippen LogP contribution in [0, 0.1) is 10.1 Å². The van der Waals surface area contributed by atoms with Crippen molar-refractivity contribution in [1.82, 2.24) is 4.57 Å². The molecule has 0 spiro atoms. The number of rotatable bonds is 3. The molecule has 0 radical (unpaired) electrons. The molecule has 82 valence electrons. The summed E-state index contributed by atoms with van der Waals surface area (Å²) in [7, 11) is 0. The molecule has 4 nitrogen and oxygen atoms in total. The van der Waals surface area contributed by atoms with Gasteiger partial charge in [-0.2, -0.15) is 0 Å². The number of non-ortho nitro benzene ring substituents is 1. The zero-order chi connectivity index (χ0) is 11.5. The summed E-state index contributed by atoms with van der Waals surface area (Å²) in [5.41, 5.74) is 1.03. The van der Waals surface area contributed by atoms with Gasteiger partial charge in [0.1, 0.15) is 0 Å². The van der Waals surface area contributed by atoms with Gasteiger partial charge >= 0.3 is 0 Å². The molecule has 0 saturated heterocycles. The zero-order valence-electron chi connectivity index (χ0n) is 8.96. The minimum atomic E-state index is -0.369. The van der Waals surface area contributed by atoms with E-state index in [0.717, 1.165) is 17.4 Å². The molecule has 0 aliphatic carbocycles. The molecule has 0 amide bonds. The predicted molar refractivity (Wildman–Crippen MR) is 63.4 cm³/mol. The first-order valence-electron chi connectivity index (χ1n) is 5.07. The Morgan fingerprint density at radius 2 is 2.25 bits per heavy atom. The second-order valence-electron chi connectivity index (χ2n) is 3.54. The van der Waals surface area contributed by atoms with Crippen LogP contribution in [0.4, 0.5) is 5.69 Å². The van der Waals surface area contributed by atoms with Crippen molar-refractivity contribution < 1.29 is 4.92 Å². The number of allylic oxidation sites excluding steroid dienone is 2. The van der Waals surface area contributed by atoms with Gasteiger partial charge in [-0.1, -0.05) is 12.2 Å². The molecule has 0 saturated carbocycles. The maximum absolute atomic E-state index is 10.7. The fourth-order valence-electron chi connectivity index (χ4n) is 1.66. The molecule has 0 bridgehead atoms. The Morgan fingerprint density at radius 1 is 1.44 bits per heavy atom. The number of hydrogen-bond donors (Lipinski definition) is 0. The summed E-state index contributed by atoms with van der Waals surface area (Å²) in [6.45, 7) is 2.69. The quantitative estimate of drug-likeness (QED) is 0.449. The maximum atomic E-state index is 10.7. The van der Waals surface area contributed by atoms with Crippen molar-refractivity contribution >= 4 is 16.6 Å². The van der Waals surface area contributed by atoms with Crippen LogP contribution in [0.1, 0.15) is 6.92 Å². The molecule has 1 aromatic carbocycles. The van der Waals surface area contributed by atoms with Gasteiger partial charge in [0.25, 0.3) is 5.69 Å². The standard InChI is InChI=1S/C12H12N2O2/c1-2-3-7-13-8-6-10-4-5-11(14(15)16)9-12(10)13/h2-6,8-9H,7H2,1H3/b3-2+. The van der Waals surface area contributed by atoms with Gasteiger partial charge in [-0.25, -0.2) is 0 Å². The van der Waals surface area contributed by atoms with Crippen molar-refractivity contribution in [2.24, 2.45) is 0 Å². The van der Waals surface area contributed by atoms with Crippen LogP contribution in [0.5, 0.6) is 0 Å². The van der Waals surface area contributed by atoms with Crippen molar-refractivity contribution in [2.75, 3.05) is 0 Å². The monoisotopic (exact) mass is 216 g/mol. The van der Waals surface area contributed by atoms with Crippen molar-refractivity contribution in [2.45, 2.75) is 13.5 Å². The van der Waals surface area contributed by atoms with Crippen LogP contribution < -0.4 is 0 Å². The minimum Gasteiger partial charge on any atom is -0.343 e. The van der Waals surface area contributed by atoms with Crippen LogP contribution >= 0.6 is 0 Å². The number of nitrogens with zero attached hydrogens (tertiary/aromatic N) is 2. The topological polar surface area (TPSA) is 48.1 Å². The van der Waals surface area contributed by atoms with Gasteiger partial charge in [-0.15, -0.1) is 0 Å². The second-order valence-corrected chi connectivity index (χ2v) is 3.54. The van der Waals surface area contributed by atoms with E-state index in [9.17, 15) is 10.1 Å². The first kappa shape index (κ1) is 10.4. The van der Waals surface area contributed by atoms with E-state index in [0.29, 0.717) is 0 Å². The normalized spacial score (nSPS) is 11.3. The Hall–Kier alpha value is -2.10. The lowest BCUT2D eigenvalue weighted by molar-refractivity contribution is -0.384.